The highest BCUT2D eigenvalue weighted by Gasteiger charge is 2.22. The largest absolute Gasteiger partial charge is 0.490 e. The van der Waals surface area contributed by atoms with Gasteiger partial charge in [0.15, 0.2) is 0 Å². The van der Waals surface area contributed by atoms with Crippen LogP contribution in [0.4, 0.5) is 5.69 Å². The normalized spacial score (nSPS) is 13.7. The van der Waals surface area contributed by atoms with Gasteiger partial charge in [-0.05, 0) is 42.5 Å². The van der Waals surface area contributed by atoms with Crippen LogP contribution in [0, 0.1) is 0 Å². The average molecular weight is 402 g/mol. The lowest BCUT2D eigenvalue weighted by atomic mass is 10.1. The van der Waals surface area contributed by atoms with Gasteiger partial charge in [0.05, 0.1) is 0 Å². The Morgan fingerprint density at radius 2 is 1.30 bits per heavy atom. The fourth-order valence-corrected chi connectivity index (χ4v) is 3.54. The number of carbonyl (C=O) groups is 1. The van der Waals surface area contributed by atoms with Crippen LogP contribution in [-0.2, 0) is 0 Å². The second kappa shape index (κ2) is 9.83. The summed E-state index contributed by atoms with van der Waals surface area (Å²) in [5.41, 5.74) is 1.86. The minimum absolute atomic E-state index is 0.0497. The van der Waals surface area contributed by atoms with Gasteiger partial charge in [-0.25, -0.2) is 0 Å². The zero-order chi connectivity index (χ0) is 20.6. The molecule has 5 heteroatoms. The summed E-state index contributed by atoms with van der Waals surface area (Å²) in [5.74, 6) is 1.55. The number of amides is 1. The molecule has 0 bridgehead atoms. The summed E-state index contributed by atoms with van der Waals surface area (Å²) in [6, 6.07) is 27.4. The van der Waals surface area contributed by atoms with Crippen molar-refractivity contribution in [3.05, 3.63) is 90.5 Å². The maximum absolute atomic E-state index is 12.9. The molecule has 0 saturated carbocycles. The summed E-state index contributed by atoms with van der Waals surface area (Å²) in [5, 5.41) is 0. The van der Waals surface area contributed by atoms with Crippen LogP contribution in [-0.4, -0.2) is 50.2 Å². The molecule has 4 rings (SSSR count). The van der Waals surface area contributed by atoms with Crippen LogP contribution in [0.1, 0.15) is 10.4 Å². The van der Waals surface area contributed by atoms with Crippen molar-refractivity contribution in [2.24, 2.45) is 0 Å². The smallest absolute Gasteiger partial charge is 0.254 e. The minimum Gasteiger partial charge on any atom is -0.490 e. The predicted molar refractivity (Wildman–Crippen MR) is 118 cm³/mol. The van der Waals surface area contributed by atoms with Crippen LogP contribution in [0.5, 0.6) is 11.5 Å². The lowest BCUT2D eigenvalue weighted by Crippen LogP contribution is -2.48. The summed E-state index contributed by atoms with van der Waals surface area (Å²) in [4.78, 5) is 17.2. The molecule has 5 nitrogen and oxygen atoms in total. The van der Waals surface area contributed by atoms with E-state index in [2.05, 4.69) is 17.0 Å². The van der Waals surface area contributed by atoms with Crippen molar-refractivity contribution in [3.8, 4) is 11.5 Å². The first-order valence-corrected chi connectivity index (χ1v) is 10.3. The number of carbonyl (C=O) groups excluding carboxylic acids is 1. The van der Waals surface area contributed by atoms with Crippen molar-refractivity contribution >= 4 is 11.6 Å². The van der Waals surface area contributed by atoms with Gasteiger partial charge in [0, 0.05) is 37.4 Å². The third-order valence-electron chi connectivity index (χ3n) is 5.13. The number of benzene rings is 3. The van der Waals surface area contributed by atoms with Crippen LogP contribution in [0.2, 0.25) is 0 Å². The molecule has 0 N–H and O–H groups in total. The molecule has 0 aromatic heterocycles. The first-order valence-electron chi connectivity index (χ1n) is 10.3. The van der Waals surface area contributed by atoms with E-state index in [0.29, 0.717) is 37.6 Å². The Morgan fingerprint density at radius 3 is 2.00 bits per heavy atom. The molecule has 1 amide bonds. The van der Waals surface area contributed by atoms with E-state index in [9.17, 15) is 4.79 Å². The third-order valence-corrected chi connectivity index (χ3v) is 5.13. The van der Waals surface area contributed by atoms with E-state index in [1.165, 1.54) is 5.69 Å². The molecule has 30 heavy (non-hydrogen) atoms. The molecule has 0 radical (unpaired) electrons. The number of anilines is 1. The molecule has 0 spiro atoms. The number of rotatable bonds is 7. The first kappa shape index (κ1) is 19.8. The maximum Gasteiger partial charge on any atom is 0.254 e. The first-order chi connectivity index (χ1) is 14.8. The fraction of sp³-hybridized carbons (Fsp3) is 0.240. The van der Waals surface area contributed by atoms with Gasteiger partial charge >= 0.3 is 0 Å². The van der Waals surface area contributed by atoms with Crippen molar-refractivity contribution in [2.75, 3.05) is 44.3 Å². The summed E-state index contributed by atoms with van der Waals surface area (Å²) < 4.78 is 11.4. The number of nitrogens with zero attached hydrogens (tertiary/aromatic N) is 2. The van der Waals surface area contributed by atoms with Gasteiger partial charge in [0.25, 0.3) is 5.91 Å². The highest BCUT2D eigenvalue weighted by molar-refractivity contribution is 5.94. The van der Waals surface area contributed by atoms with Crippen molar-refractivity contribution < 1.29 is 14.3 Å². The van der Waals surface area contributed by atoms with Crippen molar-refractivity contribution in [2.45, 2.75) is 0 Å². The van der Waals surface area contributed by atoms with Crippen LogP contribution >= 0.6 is 0 Å². The summed E-state index contributed by atoms with van der Waals surface area (Å²) in [6.07, 6.45) is 0. The molecule has 1 heterocycles. The number of para-hydroxylation sites is 2. The van der Waals surface area contributed by atoms with E-state index in [1.807, 2.05) is 77.7 Å². The molecule has 3 aromatic rings. The fourth-order valence-electron chi connectivity index (χ4n) is 3.54. The Morgan fingerprint density at radius 1 is 0.700 bits per heavy atom. The summed E-state index contributed by atoms with van der Waals surface area (Å²) in [6.45, 7) is 3.96. The monoisotopic (exact) mass is 402 g/mol. The molecule has 0 aliphatic carbocycles. The lowest BCUT2D eigenvalue weighted by molar-refractivity contribution is 0.0746. The number of hydrogen-bond donors (Lipinski definition) is 0. The van der Waals surface area contributed by atoms with Crippen LogP contribution in [0.3, 0.4) is 0 Å². The van der Waals surface area contributed by atoms with Crippen LogP contribution < -0.4 is 14.4 Å². The summed E-state index contributed by atoms with van der Waals surface area (Å²) in [7, 11) is 0. The Bertz CT molecular complexity index is 939. The predicted octanol–water partition coefficient (Wildman–Crippen LogP) is 4.11. The number of piperazine rings is 1. The molecular weight excluding hydrogens is 376 g/mol. The SMILES string of the molecule is O=C(c1cccc(OCCOc2ccccc2)c1)N1CCN(c2ccccc2)CC1. The molecule has 1 aliphatic rings. The Hall–Kier alpha value is -3.47. The van der Waals surface area contributed by atoms with E-state index < -0.39 is 0 Å². The van der Waals surface area contributed by atoms with E-state index in [1.54, 1.807) is 0 Å². The van der Waals surface area contributed by atoms with E-state index in [4.69, 9.17) is 9.47 Å². The second-order valence-corrected chi connectivity index (χ2v) is 7.15. The summed E-state index contributed by atoms with van der Waals surface area (Å²) >= 11 is 0. The topological polar surface area (TPSA) is 42.0 Å². The van der Waals surface area contributed by atoms with E-state index in [0.717, 1.165) is 18.8 Å². The van der Waals surface area contributed by atoms with Gasteiger partial charge in [-0.2, -0.15) is 0 Å². The van der Waals surface area contributed by atoms with Crippen molar-refractivity contribution in [3.63, 3.8) is 0 Å². The Kier molecular flexibility index (Phi) is 6.50. The van der Waals surface area contributed by atoms with Crippen molar-refractivity contribution in [1.29, 1.82) is 0 Å². The van der Waals surface area contributed by atoms with Crippen LogP contribution in [0.15, 0.2) is 84.9 Å². The molecular formula is C25H26N2O3. The Balaban J connectivity index is 1.27. The van der Waals surface area contributed by atoms with Gasteiger partial charge in [0.1, 0.15) is 24.7 Å². The highest BCUT2D eigenvalue weighted by Crippen LogP contribution is 2.19. The quantitative estimate of drug-likeness (QED) is 0.558. The molecule has 1 saturated heterocycles. The second-order valence-electron chi connectivity index (χ2n) is 7.15. The lowest BCUT2D eigenvalue weighted by Gasteiger charge is -2.36. The zero-order valence-corrected chi connectivity index (χ0v) is 16.9. The Labute approximate surface area is 177 Å². The standard InChI is InChI=1S/C25H26N2O3/c28-25(27-16-14-26(15-17-27)22-9-3-1-4-10-22)21-8-7-13-24(20-21)30-19-18-29-23-11-5-2-6-12-23/h1-13,20H,14-19H2. The van der Waals surface area contributed by atoms with Gasteiger partial charge < -0.3 is 19.3 Å². The molecule has 3 aromatic carbocycles. The van der Waals surface area contributed by atoms with Gasteiger partial charge in [-0.3, -0.25) is 4.79 Å². The van der Waals surface area contributed by atoms with Gasteiger partial charge in [-0.15, -0.1) is 0 Å². The van der Waals surface area contributed by atoms with Gasteiger partial charge in [0.2, 0.25) is 0 Å². The zero-order valence-electron chi connectivity index (χ0n) is 16.9. The molecule has 1 fully saturated rings. The molecule has 154 valence electrons. The number of hydrogen-bond acceptors (Lipinski definition) is 4. The average Bonchev–Trinajstić information content (AvgIpc) is 2.83. The molecule has 1 aliphatic heterocycles. The third kappa shape index (κ3) is 5.11. The molecule has 0 unspecified atom stereocenters. The van der Waals surface area contributed by atoms with E-state index >= 15 is 0 Å². The highest BCUT2D eigenvalue weighted by atomic mass is 16.5. The minimum atomic E-state index is 0.0497. The maximum atomic E-state index is 12.9. The molecule has 0 atom stereocenters. The van der Waals surface area contributed by atoms with E-state index in [-0.39, 0.29) is 5.91 Å². The van der Waals surface area contributed by atoms with Gasteiger partial charge in [-0.1, -0.05) is 42.5 Å². The van der Waals surface area contributed by atoms with Crippen molar-refractivity contribution in [1.82, 2.24) is 4.90 Å². The van der Waals surface area contributed by atoms with Crippen LogP contribution in [0.25, 0.3) is 0 Å². The number of ether oxygens (including phenoxy) is 2.